The maximum absolute atomic E-state index is 6.11. The Balaban J connectivity index is 2.05. The molecule has 1 saturated heterocycles. The van der Waals surface area contributed by atoms with Gasteiger partial charge in [-0.05, 0) is 44.1 Å². The van der Waals surface area contributed by atoms with Gasteiger partial charge < -0.3 is 9.88 Å². The zero-order valence-electron chi connectivity index (χ0n) is 11.4. The summed E-state index contributed by atoms with van der Waals surface area (Å²) in [5, 5.41) is 4.69. The van der Waals surface area contributed by atoms with Gasteiger partial charge in [0.15, 0.2) is 0 Å². The van der Waals surface area contributed by atoms with Crippen LogP contribution in [0.25, 0.3) is 5.69 Å². The first-order valence-corrected chi connectivity index (χ1v) is 7.54. The topological polar surface area (TPSA) is 29.9 Å². The molecule has 0 unspecified atom stereocenters. The fourth-order valence-electron chi connectivity index (χ4n) is 2.86. The number of nitrogens with zero attached hydrogens (tertiary/aromatic N) is 2. The van der Waals surface area contributed by atoms with E-state index in [0.717, 1.165) is 31.6 Å². The second kappa shape index (κ2) is 5.40. The lowest BCUT2D eigenvalue weighted by Crippen LogP contribution is -2.38. The van der Waals surface area contributed by atoms with Crippen LogP contribution in [-0.2, 0) is 5.41 Å². The SMILES string of the molecule is CC1(c2cncn2-c2cc(Cl)cc(Cl)c2)CCNCC1. The summed E-state index contributed by atoms with van der Waals surface area (Å²) in [5.74, 6) is 0. The maximum atomic E-state index is 6.11. The number of rotatable bonds is 2. The minimum Gasteiger partial charge on any atom is -0.317 e. The highest BCUT2D eigenvalue weighted by atomic mass is 35.5. The van der Waals surface area contributed by atoms with Gasteiger partial charge in [0.25, 0.3) is 0 Å². The predicted octanol–water partition coefficient (Wildman–Crippen LogP) is 3.82. The van der Waals surface area contributed by atoms with Crippen LogP contribution in [0.4, 0.5) is 0 Å². The van der Waals surface area contributed by atoms with Gasteiger partial charge in [-0.1, -0.05) is 30.1 Å². The molecule has 0 radical (unpaired) electrons. The Morgan fingerprint density at radius 3 is 2.45 bits per heavy atom. The first-order chi connectivity index (χ1) is 9.58. The molecule has 0 atom stereocenters. The fourth-order valence-corrected chi connectivity index (χ4v) is 3.37. The third-order valence-corrected chi connectivity index (χ3v) is 4.53. The number of halogens is 2. The summed E-state index contributed by atoms with van der Waals surface area (Å²) in [4.78, 5) is 4.33. The minimum absolute atomic E-state index is 0.135. The third kappa shape index (κ3) is 2.58. The highest BCUT2D eigenvalue weighted by Gasteiger charge is 2.32. The number of aromatic nitrogens is 2. The number of imidazole rings is 1. The molecule has 1 fully saturated rings. The van der Waals surface area contributed by atoms with Crippen LogP contribution in [-0.4, -0.2) is 22.6 Å². The van der Waals surface area contributed by atoms with Crippen molar-refractivity contribution >= 4 is 23.2 Å². The van der Waals surface area contributed by atoms with Crippen LogP contribution in [0.1, 0.15) is 25.5 Å². The molecule has 3 rings (SSSR count). The molecule has 3 nitrogen and oxygen atoms in total. The molecule has 1 aromatic carbocycles. The Morgan fingerprint density at radius 2 is 1.80 bits per heavy atom. The summed E-state index contributed by atoms with van der Waals surface area (Å²) in [6.45, 7) is 4.38. The van der Waals surface area contributed by atoms with Crippen LogP contribution < -0.4 is 5.32 Å². The van der Waals surface area contributed by atoms with Crippen LogP contribution in [0.2, 0.25) is 10.0 Å². The van der Waals surface area contributed by atoms with Crippen molar-refractivity contribution in [1.29, 1.82) is 0 Å². The van der Waals surface area contributed by atoms with Crippen molar-refractivity contribution in [2.45, 2.75) is 25.2 Å². The summed E-state index contributed by atoms with van der Waals surface area (Å²) in [5.41, 5.74) is 2.32. The van der Waals surface area contributed by atoms with Crippen molar-refractivity contribution in [2.75, 3.05) is 13.1 Å². The molecule has 2 heterocycles. The molecular weight excluding hydrogens is 293 g/mol. The van der Waals surface area contributed by atoms with Gasteiger partial charge in [-0.3, -0.25) is 0 Å². The van der Waals surface area contributed by atoms with Crippen LogP contribution in [0.3, 0.4) is 0 Å². The monoisotopic (exact) mass is 309 g/mol. The molecule has 1 N–H and O–H groups in total. The first kappa shape index (κ1) is 13.9. The largest absolute Gasteiger partial charge is 0.317 e. The third-order valence-electron chi connectivity index (χ3n) is 4.09. The van der Waals surface area contributed by atoms with E-state index in [4.69, 9.17) is 23.2 Å². The van der Waals surface area contributed by atoms with E-state index in [0.29, 0.717) is 10.0 Å². The minimum atomic E-state index is 0.135. The molecule has 0 saturated carbocycles. The average molecular weight is 310 g/mol. The highest BCUT2D eigenvalue weighted by Crippen LogP contribution is 2.34. The smallest absolute Gasteiger partial charge is 0.0994 e. The van der Waals surface area contributed by atoms with E-state index in [-0.39, 0.29) is 5.41 Å². The van der Waals surface area contributed by atoms with Gasteiger partial charge in [-0.2, -0.15) is 0 Å². The Labute approximate surface area is 128 Å². The molecule has 1 aliphatic heterocycles. The van der Waals surface area contributed by atoms with Crippen molar-refractivity contribution in [3.8, 4) is 5.69 Å². The van der Waals surface area contributed by atoms with Crippen molar-refractivity contribution < 1.29 is 0 Å². The predicted molar refractivity (Wildman–Crippen MR) is 83.0 cm³/mol. The first-order valence-electron chi connectivity index (χ1n) is 6.78. The molecule has 2 aromatic rings. The average Bonchev–Trinajstić information content (AvgIpc) is 2.88. The van der Waals surface area contributed by atoms with E-state index >= 15 is 0 Å². The maximum Gasteiger partial charge on any atom is 0.0994 e. The number of benzene rings is 1. The van der Waals surface area contributed by atoms with Crippen molar-refractivity contribution in [3.63, 3.8) is 0 Å². The standard InChI is InChI=1S/C15H17Cl2N3/c1-15(2-4-18-5-3-15)14-9-19-10-20(14)13-7-11(16)6-12(17)8-13/h6-10,18H,2-5H2,1H3. The molecule has 1 aliphatic rings. The highest BCUT2D eigenvalue weighted by molar-refractivity contribution is 6.34. The number of hydrogen-bond donors (Lipinski definition) is 1. The number of piperidine rings is 1. The van der Waals surface area contributed by atoms with E-state index in [9.17, 15) is 0 Å². The molecule has 1 aromatic heterocycles. The van der Waals surface area contributed by atoms with Crippen LogP contribution >= 0.6 is 23.2 Å². The second-order valence-corrected chi connectivity index (χ2v) is 6.46. The normalized spacial score (nSPS) is 18.1. The van der Waals surface area contributed by atoms with Gasteiger partial charge in [0, 0.05) is 33.0 Å². The molecule has 0 bridgehead atoms. The Morgan fingerprint density at radius 1 is 1.15 bits per heavy atom. The lowest BCUT2D eigenvalue weighted by Gasteiger charge is -2.34. The molecule has 0 spiro atoms. The van der Waals surface area contributed by atoms with Gasteiger partial charge in [0.2, 0.25) is 0 Å². The summed E-state index contributed by atoms with van der Waals surface area (Å²) >= 11 is 12.2. The van der Waals surface area contributed by atoms with E-state index in [1.54, 1.807) is 6.07 Å². The molecular formula is C15H17Cl2N3. The summed E-state index contributed by atoms with van der Waals surface area (Å²) < 4.78 is 2.10. The molecule has 106 valence electrons. The fraction of sp³-hybridized carbons (Fsp3) is 0.400. The molecule has 0 amide bonds. The van der Waals surface area contributed by atoms with Crippen LogP contribution in [0.15, 0.2) is 30.7 Å². The zero-order valence-corrected chi connectivity index (χ0v) is 12.9. The number of nitrogens with one attached hydrogen (secondary N) is 1. The van der Waals surface area contributed by atoms with E-state index in [1.165, 1.54) is 5.69 Å². The summed E-state index contributed by atoms with van der Waals surface area (Å²) in [6, 6.07) is 5.58. The van der Waals surface area contributed by atoms with E-state index < -0.39 is 0 Å². The van der Waals surface area contributed by atoms with Crippen molar-refractivity contribution in [1.82, 2.24) is 14.9 Å². The number of hydrogen-bond acceptors (Lipinski definition) is 2. The van der Waals surface area contributed by atoms with Gasteiger partial charge >= 0.3 is 0 Å². The lowest BCUT2D eigenvalue weighted by molar-refractivity contribution is 0.324. The van der Waals surface area contributed by atoms with Gasteiger partial charge in [0.1, 0.15) is 0 Å². The van der Waals surface area contributed by atoms with Gasteiger partial charge in [-0.15, -0.1) is 0 Å². The van der Waals surface area contributed by atoms with Crippen molar-refractivity contribution in [3.05, 3.63) is 46.5 Å². The van der Waals surface area contributed by atoms with Gasteiger partial charge in [-0.25, -0.2) is 4.98 Å². The Kier molecular flexibility index (Phi) is 3.76. The van der Waals surface area contributed by atoms with Crippen LogP contribution in [0, 0.1) is 0 Å². The summed E-state index contributed by atoms with van der Waals surface area (Å²) in [6.07, 6.45) is 6.00. The molecule has 5 heteroatoms. The Bertz CT molecular complexity index is 595. The zero-order chi connectivity index (χ0) is 14.2. The van der Waals surface area contributed by atoms with Crippen LogP contribution in [0.5, 0.6) is 0 Å². The van der Waals surface area contributed by atoms with E-state index in [2.05, 4.69) is 21.8 Å². The quantitative estimate of drug-likeness (QED) is 0.914. The molecule has 0 aliphatic carbocycles. The Hall–Kier alpha value is -1.03. The van der Waals surface area contributed by atoms with Gasteiger partial charge in [0.05, 0.1) is 6.33 Å². The van der Waals surface area contributed by atoms with Crippen molar-refractivity contribution in [2.24, 2.45) is 0 Å². The second-order valence-electron chi connectivity index (χ2n) is 5.59. The van der Waals surface area contributed by atoms with E-state index in [1.807, 2.05) is 24.7 Å². The molecule has 20 heavy (non-hydrogen) atoms. The lowest BCUT2D eigenvalue weighted by atomic mass is 9.78. The summed E-state index contributed by atoms with van der Waals surface area (Å²) in [7, 11) is 0.